The van der Waals surface area contributed by atoms with Crippen molar-refractivity contribution >= 4 is 0 Å². The lowest BCUT2D eigenvalue weighted by Gasteiger charge is -2.11. The third-order valence-corrected chi connectivity index (χ3v) is 5.92. The number of tetrazole rings is 1. The SMILES string of the molecule is CCCCCCCCC=CCCCCCCCC(O)c1nnnn1COCc1ccccc1. The van der Waals surface area contributed by atoms with Crippen molar-refractivity contribution in [2.45, 2.75) is 116 Å². The predicted octanol–water partition coefficient (Wildman–Crippen LogP) is 6.92. The Kier molecular flexibility index (Phi) is 15.2. The second-order valence-corrected chi connectivity index (χ2v) is 8.89. The predicted molar refractivity (Wildman–Crippen MR) is 133 cm³/mol. The van der Waals surface area contributed by atoms with E-state index in [0.29, 0.717) is 18.9 Å². The quantitative estimate of drug-likeness (QED) is 0.173. The fourth-order valence-corrected chi connectivity index (χ4v) is 3.90. The summed E-state index contributed by atoms with van der Waals surface area (Å²) in [6, 6.07) is 9.98. The molecule has 33 heavy (non-hydrogen) atoms. The molecule has 0 bridgehead atoms. The number of unbranched alkanes of at least 4 members (excludes halogenated alkanes) is 11. The molecule has 1 unspecified atom stereocenters. The first-order chi connectivity index (χ1) is 16.3. The molecule has 0 saturated carbocycles. The highest BCUT2D eigenvalue weighted by Crippen LogP contribution is 2.18. The van der Waals surface area contributed by atoms with Gasteiger partial charge in [0.15, 0.2) is 5.82 Å². The van der Waals surface area contributed by atoms with E-state index in [2.05, 4.69) is 34.6 Å². The van der Waals surface area contributed by atoms with E-state index in [4.69, 9.17) is 4.74 Å². The number of hydrogen-bond donors (Lipinski definition) is 1. The molecule has 0 saturated heterocycles. The van der Waals surface area contributed by atoms with Crippen molar-refractivity contribution in [2.24, 2.45) is 0 Å². The van der Waals surface area contributed by atoms with Crippen LogP contribution in [0.5, 0.6) is 0 Å². The molecule has 184 valence electrons. The van der Waals surface area contributed by atoms with Crippen LogP contribution in [-0.4, -0.2) is 25.3 Å². The lowest BCUT2D eigenvalue weighted by molar-refractivity contribution is 0.0445. The van der Waals surface area contributed by atoms with Crippen LogP contribution in [0.1, 0.15) is 114 Å². The van der Waals surface area contributed by atoms with Gasteiger partial charge < -0.3 is 9.84 Å². The van der Waals surface area contributed by atoms with E-state index >= 15 is 0 Å². The van der Waals surface area contributed by atoms with Gasteiger partial charge in [-0.3, -0.25) is 0 Å². The van der Waals surface area contributed by atoms with Crippen LogP contribution in [-0.2, 0) is 18.1 Å². The second kappa shape index (κ2) is 18.4. The van der Waals surface area contributed by atoms with E-state index in [9.17, 15) is 5.11 Å². The Labute approximate surface area is 200 Å². The van der Waals surface area contributed by atoms with Gasteiger partial charge in [0.2, 0.25) is 0 Å². The smallest absolute Gasteiger partial charge is 0.182 e. The van der Waals surface area contributed by atoms with E-state index in [0.717, 1.165) is 18.4 Å². The first-order valence-corrected chi connectivity index (χ1v) is 13.0. The normalized spacial score (nSPS) is 12.5. The summed E-state index contributed by atoms with van der Waals surface area (Å²) in [5.41, 5.74) is 1.10. The highest BCUT2D eigenvalue weighted by Gasteiger charge is 2.16. The topological polar surface area (TPSA) is 73.1 Å². The summed E-state index contributed by atoms with van der Waals surface area (Å²) < 4.78 is 7.24. The third kappa shape index (κ3) is 12.7. The number of nitrogens with zero attached hydrogens (tertiary/aromatic N) is 4. The van der Waals surface area contributed by atoms with Crippen molar-refractivity contribution in [1.29, 1.82) is 0 Å². The Bertz CT molecular complexity index is 733. The molecule has 0 fully saturated rings. The molecule has 6 nitrogen and oxygen atoms in total. The molecule has 1 N–H and O–H groups in total. The van der Waals surface area contributed by atoms with Gasteiger partial charge in [-0.15, -0.1) is 5.10 Å². The van der Waals surface area contributed by atoms with Crippen LogP contribution in [0.15, 0.2) is 42.5 Å². The molecule has 0 aliphatic heterocycles. The van der Waals surface area contributed by atoms with Gasteiger partial charge in [-0.25, -0.2) is 4.68 Å². The highest BCUT2D eigenvalue weighted by atomic mass is 16.5. The summed E-state index contributed by atoms with van der Waals surface area (Å²) in [7, 11) is 0. The molecule has 0 radical (unpaired) electrons. The van der Waals surface area contributed by atoms with Gasteiger partial charge in [0.05, 0.1) is 6.61 Å². The van der Waals surface area contributed by atoms with Gasteiger partial charge in [-0.1, -0.05) is 107 Å². The summed E-state index contributed by atoms with van der Waals surface area (Å²) in [6.07, 6.45) is 21.2. The van der Waals surface area contributed by atoms with Crippen LogP contribution in [0.2, 0.25) is 0 Å². The minimum Gasteiger partial charge on any atom is -0.385 e. The van der Waals surface area contributed by atoms with Crippen LogP contribution in [0.4, 0.5) is 0 Å². The molecule has 1 heterocycles. The Balaban J connectivity index is 1.46. The van der Waals surface area contributed by atoms with E-state index in [1.54, 1.807) is 4.68 Å². The van der Waals surface area contributed by atoms with E-state index in [-0.39, 0.29) is 6.73 Å². The van der Waals surface area contributed by atoms with Crippen molar-refractivity contribution in [3.63, 3.8) is 0 Å². The van der Waals surface area contributed by atoms with Crippen LogP contribution < -0.4 is 0 Å². The Hall–Kier alpha value is -2.05. The first kappa shape index (κ1) is 27.2. The minimum atomic E-state index is -0.648. The summed E-state index contributed by atoms with van der Waals surface area (Å²) in [4.78, 5) is 0. The lowest BCUT2D eigenvalue weighted by Crippen LogP contribution is -2.12. The van der Waals surface area contributed by atoms with Crippen molar-refractivity contribution < 1.29 is 9.84 Å². The number of aliphatic hydroxyl groups is 1. The van der Waals surface area contributed by atoms with Gasteiger partial charge in [0, 0.05) is 0 Å². The van der Waals surface area contributed by atoms with Gasteiger partial charge >= 0.3 is 0 Å². The number of ether oxygens (including phenoxy) is 1. The fourth-order valence-electron chi connectivity index (χ4n) is 3.90. The fraction of sp³-hybridized carbons (Fsp3) is 0.667. The summed E-state index contributed by atoms with van der Waals surface area (Å²) in [6.45, 7) is 2.99. The number of rotatable bonds is 20. The molecule has 6 heteroatoms. The zero-order valence-corrected chi connectivity index (χ0v) is 20.6. The van der Waals surface area contributed by atoms with Crippen molar-refractivity contribution in [2.75, 3.05) is 0 Å². The molecule has 2 aromatic rings. The molecular weight excluding hydrogens is 412 g/mol. The second-order valence-electron chi connectivity index (χ2n) is 8.89. The summed E-state index contributed by atoms with van der Waals surface area (Å²) in [5.74, 6) is 0.485. The van der Waals surface area contributed by atoms with Crippen LogP contribution in [0.25, 0.3) is 0 Å². The van der Waals surface area contributed by atoms with Gasteiger partial charge in [-0.2, -0.15) is 0 Å². The first-order valence-electron chi connectivity index (χ1n) is 13.0. The molecule has 0 aliphatic carbocycles. The average molecular weight is 457 g/mol. The molecule has 0 spiro atoms. The van der Waals surface area contributed by atoms with E-state index < -0.39 is 6.10 Å². The lowest BCUT2D eigenvalue weighted by atomic mass is 10.1. The molecule has 1 aromatic carbocycles. The average Bonchev–Trinajstić information content (AvgIpc) is 3.31. The molecule has 0 amide bonds. The van der Waals surface area contributed by atoms with E-state index in [1.165, 1.54) is 70.6 Å². The number of aliphatic hydroxyl groups excluding tert-OH is 1. The Morgan fingerprint density at radius 2 is 1.52 bits per heavy atom. The largest absolute Gasteiger partial charge is 0.385 e. The van der Waals surface area contributed by atoms with Crippen LogP contribution >= 0.6 is 0 Å². The van der Waals surface area contributed by atoms with Crippen molar-refractivity contribution in [1.82, 2.24) is 20.2 Å². The zero-order chi connectivity index (χ0) is 23.4. The van der Waals surface area contributed by atoms with Crippen molar-refractivity contribution in [3.05, 3.63) is 53.9 Å². The summed E-state index contributed by atoms with van der Waals surface area (Å²) >= 11 is 0. The molecule has 1 aromatic heterocycles. The monoisotopic (exact) mass is 456 g/mol. The zero-order valence-electron chi connectivity index (χ0n) is 20.6. The number of benzene rings is 1. The van der Waals surface area contributed by atoms with Crippen LogP contribution in [0.3, 0.4) is 0 Å². The maximum Gasteiger partial charge on any atom is 0.182 e. The van der Waals surface area contributed by atoms with Gasteiger partial charge in [-0.05, 0) is 48.1 Å². The Morgan fingerprint density at radius 1 is 0.879 bits per heavy atom. The highest BCUT2D eigenvalue weighted by molar-refractivity contribution is 5.13. The van der Waals surface area contributed by atoms with Gasteiger partial charge in [0.25, 0.3) is 0 Å². The minimum absolute atomic E-state index is 0.237. The standard InChI is InChI=1S/C27H44N4O2/c1-2-3-4-5-6-7-8-9-10-11-12-13-14-15-19-22-26(32)27-28-29-30-31(27)24-33-23-25-20-17-16-18-21-25/h9-10,16-18,20-21,26,32H,2-8,11-15,19,22-24H2,1H3. The van der Waals surface area contributed by atoms with Crippen LogP contribution in [0, 0.1) is 0 Å². The third-order valence-electron chi connectivity index (χ3n) is 5.92. The van der Waals surface area contributed by atoms with Gasteiger partial charge in [0.1, 0.15) is 12.8 Å². The maximum atomic E-state index is 10.5. The molecule has 0 aliphatic rings. The molecule has 2 rings (SSSR count). The maximum absolute atomic E-state index is 10.5. The van der Waals surface area contributed by atoms with E-state index in [1.807, 2.05) is 30.3 Å². The van der Waals surface area contributed by atoms with Crippen molar-refractivity contribution in [3.8, 4) is 0 Å². The number of allylic oxidation sites excluding steroid dienone is 2. The number of hydrogen-bond acceptors (Lipinski definition) is 5. The molecule has 1 atom stereocenters. The summed E-state index contributed by atoms with van der Waals surface area (Å²) in [5, 5.41) is 22.1. The Morgan fingerprint density at radius 3 is 2.21 bits per heavy atom. The molecular formula is C27H44N4O2. The number of aromatic nitrogens is 4.